The Morgan fingerprint density at radius 1 is 1.27 bits per heavy atom. The van der Waals surface area contributed by atoms with Crippen LogP contribution in [0.15, 0.2) is 30.3 Å². The summed E-state index contributed by atoms with van der Waals surface area (Å²) in [6.45, 7) is 2.03. The van der Waals surface area contributed by atoms with Crippen LogP contribution in [0.2, 0.25) is 0 Å². The minimum atomic E-state index is -0.00241. The number of halogens is 1. The standard InChI is InChI=1S/C12H17NO.ClH/c1-4-11(13(2)3)12(14)10-8-6-5-7-9-10;/h5-9,11H,4H2,1-3H3;1H. The molecule has 0 bridgehead atoms. The summed E-state index contributed by atoms with van der Waals surface area (Å²) in [7, 11) is 3.88. The lowest BCUT2D eigenvalue weighted by atomic mass is 10.0. The molecular weight excluding hydrogens is 210 g/mol. The van der Waals surface area contributed by atoms with Crippen LogP contribution in [0, 0.1) is 0 Å². The molecule has 2 nitrogen and oxygen atoms in total. The Morgan fingerprint density at radius 2 is 1.80 bits per heavy atom. The number of carbonyl (C=O) groups is 1. The Morgan fingerprint density at radius 3 is 2.20 bits per heavy atom. The third-order valence-electron chi connectivity index (χ3n) is 2.37. The third kappa shape index (κ3) is 3.65. The monoisotopic (exact) mass is 227 g/mol. The summed E-state index contributed by atoms with van der Waals surface area (Å²) < 4.78 is 0. The summed E-state index contributed by atoms with van der Waals surface area (Å²) in [6.07, 6.45) is 0.848. The van der Waals surface area contributed by atoms with Gasteiger partial charge >= 0.3 is 0 Å². The van der Waals surface area contributed by atoms with E-state index in [1.165, 1.54) is 0 Å². The van der Waals surface area contributed by atoms with Crippen LogP contribution in [0.25, 0.3) is 0 Å². The lowest BCUT2D eigenvalue weighted by Crippen LogP contribution is -2.35. The number of benzene rings is 1. The van der Waals surface area contributed by atoms with E-state index in [-0.39, 0.29) is 24.2 Å². The second kappa shape index (κ2) is 6.59. The highest BCUT2D eigenvalue weighted by Crippen LogP contribution is 2.09. The second-order valence-corrected chi connectivity index (χ2v) is 3.62. The minimum Gasteiger partial charge on any atom is -0.299 e. The Hall–Kier alpha value is -0.860. The van der Waals surface area contributed by atoms with Crippen molar-refractivity contribution in [3.05, 3.63) is 35.9 Å². The fourth-order valence-electron chi connectivity index (χ4n) is 1.58. The normalized spacial score (nSPS) is 12.0. The molecule has 3 heteroatoms. The first-order chi connectivity index (χ1) is 6.66. The molecule has 0 aromatic heterocycles. The van der Waals surface area contributed by atoms with Crippen LogP contribution in [0.1, 0.15) is 23.7 Å². The maximum atomic E-state index is 12.0. The van der Waals surface area contributed by atoms with Gasteiger partial charge in [0.1, 0.15) is 0 Å². The summed E-state index contributed by atoms with van der Waals surface area (Å²) in [4.78, 5) is 13.9. The van der Waals surface area contributed by atoms with Crippen molar-refractivity contribution in [2.45, 2.75) is 19.4 Å². The van der Waals surface area contributed by atoms with E-state index in [1.807, 2.05) is 56.3 Å². The van der Waals surface area contributed by atoms with Crippen LogP contribution >= 0.6 is 12.4 Å². The Bertz CT molecular complexity index is 298. The van der Waals surface area contributed by atoms with Crippen molar-refractivity contribution in [1.29, 1.82) is 0 Å². The lowest BCUT2D eigenvalue weighted by molar-refractivity contribution is 0.0871. The quantitative estimate of drug-likeness (QED) is 0.738. The Labute approximate surface area is 97.7 Å². The first-order valence-electron chi connectivity index (χ1n) is 4.92. The van der Waals surface area contributed by atoms with Gasteiger partial charge in [-0.05, 0) is 20.5 Å². The average molecular weight is 228 g/mol. The summed E-state index contributed by atoms with van der Waals surface area (Å²) in [5.41, 5.74) is 0.799. The van der Waals surface area contributed by atoms with Gasteiger partial charge in [-0.15, -0.1) is 12.4 Å². The predicted octanol–water partition coefficient (Wildman–Crippen LogP) is 2.63. The van der Waals surface area contributed by atoms with Crippen molar-refractivity contribution >= 4 is 18.2 Å². The zero-order chi connectivity index (χ0) is 10.6. The van der Waals surface area contributed by atoms with Gasteiger partial charge in [-0.25, -0.2) is 0 Å². The van der Waals surface area contributed by atoms with Crippen molar-refractivity contribution < 1.29 is 4.79 Å². The van der Waals surface area contributed by atoms with Crippen molar-refractivity contribution in [2.24, 2.45) is 0 Å². The fraction of sp³-hybridized carbons (Fsp3) is 0.417. The Kier molecular flexibility index (Phi) is 6.21. The molecule has 1 atom stereocenters. The molecule has 0 aliphatic carbocycles. The molecule has 15 heavy (non-hydrogen) atoms. The minimum absolute atomic E-state index is 0. The molecule has 0 aliphatic heterocycles. The summed E-state index contributed by atoms with van der Waals surface area (Å²) >= 11 is 0. The van der Waals surface area contributed by atoms with Gasteiger partial charge in [-0.1, -0.05) is 37.3 Å². The van der Waals surface area contributed by atoms with Gasteiger partial charge in [0, 0.05) is 5.56 Å². The van der Waals surface area contributed by atoms with E-state index >= 15 is 0 Å². The molecule has 0 N–H and O–H groups in total. The number of nitrogens with zero attached hydrogens (tertiary/aromatic N) is 1. The molecule has 1 rings (SSSR count). The van der Waals surface area contributed by atoms with E-state index < -0.39 is 0 Å². The van der Waals surface area contributed by atoms with Crippen LogP contribution in [-0.4, -0.2) is 30.8 Å². The first-order valence-corrected chi connectivity index (χ1v) is 4.92. The molecular formula is C12H18ClNO. The molecule has 0 saturated carbocycles. The van der Waals surface area contributed by atoms with Gasteiger partial charge in [0.2, 0.25) is 0 Å². The molecule has 0 aliphatic rings. The zero-order valence-corrected chi connectivity index (χ0v) is 10.3. The largest absolute Gasteiger partial charge is 0.299 e. The van der Waals surface area contributed by atoms with Gasteiger partial charge in [0.05, 0.1) is 6.04 Å². The molecule has 0 heterocycles. The van der Waals surface area contributed by atoms with E-state index in [4.69, 9.17) is 0 Å². The van der Waals surface area contributed by atoms with Crippen LogP contribution in [0.3, 0.4) is 0 Å². The van der Waals surface area contributed by atoms with Crippen LogP contribution in [0.4, 0.5) is 0 Å². The summed E-state index contributed by atoms with van der Waals surface area (Å²) in [5.74, 6) is 0.207. The zero-order valence-electron chi connectivity index (χ0n) is 9.43. The molecule has 1 aromatic rings. The average Bonchev–Trinajstić information content (AvgIpc) is 2.19. The lowest BCUT2D eigenvalue weighted by Gasteiger charge is -2.21. The highest BCUT2D eigenvalue weighted by molar-refractivity contribution is 5.99. The number of hydrogen-bond donors (Lipinski definition) is 0. The Balaban J connectivity index is 0.00000196. The molecule has 84 valence electrons. The van der Waals surface area contributed by atoms with Crippen molar-refractivity contribution in [3.63, 3.8) is 0 Å². The topological polar surface area (TPSA) is 20.3 Å². The number of likely N-dealkylation sites (N-methyl/N-ethyl adjacent to an activating group) is 1. The van der Waals surface area contributed by atoms with E-state index in [2.05, 4.69) is 0 Å². The second-order valence-electron chi connectivity index (χ2n) is 3.62. The van der Waals surface area contributed by atoms with Gasteiger partial charge in [-0.2, -0.15) is 0 Å². The number of carbonyl (C=O) groups excluding carboxylic acids is 1. The molecule has 0 saturated heterocycles. The van der Waals surface area contributed by atoms with E-state index in [9.17, 15) is 4.79 Å². The molecule has 1 unspecified atom stereocenters. The SMILES string of the molecule is CCC(C(=O)c1ccccc1)N(C)C.Cl. The number of ketones is 1. The first kappa shape index (κ1) is 14.1. The summed E-state index contributed by atoms with van der Waals surface area (Å²) in [6, 6.07) is 9.46. The highest BCUT2D eigenvalue weighted by Gasteiger charge is 2.19. The fourth-order valence-corrected chi connectivity index (χ4v) is 1.58. The maximum absolute atomic E-state index is 12.0. The number of rotatable bonds is 4. The van der Waals surface area contributed by atoms with Crippen LogP contribution in [-0.2, 0) is 0 Å². The third-order valence-corrected chi connectivity index (χ3v) is 2.37. The molecule has 0 radical (unpaired) electrons. The van der Waals surface area contributed by atoms with Gasteiger partial charge in [0.15, 0.2) is 5.78 Å². The van der Waals surface area contributed by atoms with Crippen molar-refractivity contribution in [3.8, 4) is 0 Å². The van der Waals surface area contributed by atoms with E-state index in [1.54, 1.807) is 0 Å². The number of Topliss-reactive ketones (excluding diaryl/α,β-unsaturated/α-hetero) is 1. The van der Waals surface area contributed by atoms with Crippen molar-refractivity contribution in [1.82, 2.24) is 4.90 Å². The highest BCUT2D eigenvalue weighted by atomic mass is 35.5. The number of hydrogen-bond acceptors (Lipinski definition) is 2. The molecule has 0 amide bonds. The van der Waals surface area contributed by atoms with Crippen molar-refractivity contribution in [2.75, 3.05) is 14.1 Å². The maximum Gasteiger partial charge on any atom is 0.179 e. The smallest absolute Gasteiger partial charge is 0.179 e. The molecule has 0 fully saturated rings. The van der Waals surface area contributed by atoms with Gasteiger partial charge in [-0.3, -0.25) is 9.69 Å². The van der Waals surface area contributed by atoms with E-state index in [0.717, 1.165) is 12.0 Å². The summed E-state index contributed by atoms with van der Waals surface area (Å²) in [5, 5.41) is 0. The van der Waals surface area contributed by atoms with Crippen LogP contribution in [0.5, 0.6) is 0 Å². The van der Waals surface area contributed by atoms with Gasteiger partial charge < -0.3 is 0 Å². The predicted molar refractivity (Wildman–Crippen MR) is 65.8 cm³/mol. The van der Waals surface area contributed by atoms with Crippen LogP contribution < -0.4 is 0 Å². The van der Waals surface area contributed by atoms with E-state index in [0.29, 0.717) is 0 Å². The molecule has 1 aromatic carbocycles. The van der Waals surface area contributed by atoms with Gasteiger partial charge in [0.25, 0.3) is 0 Å². The molecule has 0 spiro atoms.